The van der Waals surface area contributed by atoms with Crippen molar-refractivity contribution in [3.63, 3.8) is 0 Å². The number of para-hydroxylation sites is 1. The Hall–Kier alpha value is -2.44. The molecule has 1 aromatic heterocycles. The highest BCUT2D eigenvalue weighted by molar-refractivity contribution is 5.96. The number of aromatic nitrogens is 4. The van der Waals surface area contributed by atoms with Crippen LogP contribution >= 0.6 is 0 Å². The summed E-state index contributed by atoms with van der Waals surface area (Å²) in [5, 5.41) is 14.7. The van der Waals surface area contributed by atoms with E-state index in [0.29, 0.717) is 29.7 Å². The van der Waals surface area contributed by atoms with E-state index in [1.807, 2.05) is 10.7 Å². The van der Waals surface area contributed by atoms with Crippen molar-refractivity contribution in [3.05, 3.63) is 35.7 Å². The molecular weight excluding hydrogens is 282 g/mol. The van der Waals surface area contributed by atoms with Crippen molar-refractivity contribution in [2.45, 2.75) is 38.3 Å². The third-order valence-corrected chi connectivity index (χ3v) is 3.99. The van der Waals surface area contributed by atoms with Gasteiger partial charge in [-0.15, -0.1) is 5.10 Å². The normalized spacial score (nSPS) is 15.0. The molecule has 2 aromatic rings. The zero-order valence-corrected chi connectivity index (χ0v) is 12.5. The Bertz CT molecular complexity index is 649. The number of methoxy groups -OCH3 is 1. The van der Waals surface area contributed by atoms with E-state index in [0.717, 1.165) is 12.8 Å². The number of tetrazole rings is 1. The summed E-state index contributed by atoms with van der Waals surface area (Å²) in [5.41, 5.74) is 0.505. The highest BCUT2D eigenvalue weighted by Gasteiger charge is 2.21. The van der Waals surface area contributed by atoms with E-state index in [9.17, 15) is 4.79 Å². The molecule has 116 valence electrons. The van der Waals surface area contributed by atoms with Gasteiger partial charge in [0, 0.05) is 0 Å². The summed E-state index contributed by atoms with van der Waals surface area (Å²) in [7, 11) is 1.55. The zero-order valence-electron chi connectivity index (χ0n) is 12.5. The molecule has 0 bridgehead atoms. The number of ether oxygens (including phenoxy) is 1. The van der Waals surface area contributed by atoms with Crippen LogP contribution in [0, 0.1) is 0 Å². The number of hydrogen-bond acceptors (Lipinski definition) is 5. The van der Waals surface area contributed by atoms with E-state index in [1.54, 1.807) is 25.3 Å². The number of carbonyl (C=O) groups is 1. The maximum atomic E-state index is 12.3. The molecule has 1 fully saturated rings. The quantitative estimate of drug-likeness (QED) is 0.909. The van der Waals surface area contributed by atoms with Crippen molar-refractivity contribution in [2.24, 2.45) is 0 Å². The smallest absolute Gasteiger partial charge is 0.255 e. The van der Waals surface area contributed by atoms with Crippen LogP contribution in [0.15, 0.2) is 24.3 Å². The lowest BCUT2D eigenvalue weighted by Crippen LogP contribution is -2.26. The second-order valence-electron chi connectivity index (χ2n) is 5.36. The SMILES string of the molecule is COc1ccccc1C(=O)NCc1nnnn1C1CCCC1. The monoisotopic (exact) mass is 301 g/mol. The minimum absolute atomic E-state index is 0.196. The van der Waals surface area contributed by atoms with Crippen molar-refractivity contribution in [1.29, 1.82) is 0 Å². The van der Waals surface area contributed by atoms with Crippen molar-refractivity contribution < 1.29 is 9.53 Å². The fourth-order valence-electron chi connectivity index (χ4n) is 2.85. The van der Waals surface area contributed by atoms with Crippen LogP contribution in [0.1, 0.15) is 47.9 Å². The molecule has 7 nitrogen and oxygen atoms in total. The van der Waals surface area contributed by atoms with Crippen LogP contribution in [0.2, 0.25) is 0 Å². The summed E-state index contributed by atoms with van der Waals surface area (Å²) in [6.07, 6.45) is 4.60. The molecule has 1 aliphatic rings. The van der Waals surface area contributed by atoms with Gasteiger partial charge in [-0.05, 0) is 35.4 Å². The Morgan fingerprint density at radius 2 is 2.14 bits per heavy atom. The largest absolute Gasteiger partial charge is 0.496 e. The summed E-state index contributed by atoms with van der Waals surface area (Å²) in [6.45, 7) is 0.306. The van der Waals surface area contributed by atoms with Crippen LogP contribution in [0.5, 0.6) is 5.75 Å². The lowest BCUT2D eigenvalue weighted by molar-refractivity contribution is 0.0946. The predicted molar refractivity (Wildman–Crippen MR) is 79.5 cm³/mol. The molecule has 22 heavy (non-hydrogen) atoms. The topological polar surface area (TPSA) is 81.9 Å². The van der Waals surface area contributed by atoms with Gasteiger partial charge in [0.1, 0.15) is 5.75 Å². The van der Waals surface area contributed by atoms with Crippen molar-refractivity contribution in [1.82, 2.24) is 25.5 Å². The average Bonchev–Trinajstić information content (AvgIpc) is 3.23. The number of amides is 1. The van der Waals surface area contributed by atoms with E-state index in [-0.39, 0.29) is 5.91 Å². The van der Waals surface area contributed by atoms with Gasteiger partial charge in [-0.2, -0.15) is 0 Å². The third-order valence-electron chi connectivity index (χ3n) is 3.99. The van der Waals surface area contributed by atoms with Gasteiger partial charge in [0.2, 0.25) is 0 Å². The number of benzene rings is 1. The lowest BCUT2D eigenvalue weighted by Gasteiger charge is -2.12. The standard InChI is InChI=1S/C15H19N5O2/c1-22-13-9-5-4-8-12(13)15(21)16-10-14-17-18-19-20(14)11-6-2-3-7-11/h4-5,8-9,11H,2-3,6-7,10H2,1H3,(H,16,21). The van der Waals surface area contributed by atoms with Gasteiger partial charge in [0.25, 0.3) is 5.91 Å². The fourth-order valence-corrected chi connectivity index (χ4v) is 2.85. The fraction of sp³-hybridized carbons (Fsp3) is 0.467. The minimum Gasteiger partial charge on any atom is -0.496 e. The molecular formula is C15H19N5O2. The van der Waals surface area contributed by atoms with E-state index < -0.39 is 0 Å². The van der Waals surface area contributed by atoms with Crippen LogP contribution in [0.25, 0.3) is 0 Å². The Kier molecular flexibility index (Phi) is 4.32. The lowest BCUT2D eigenvalue weighted by atomic mass is 10.2. The third kappa shape index (κ3) is 2.93. The van der Waals surface area contributed by atoms with Gasteiger partial charge in [-0.3, -0.25) is 4.79 Å². The first kappa shape index (κ1) is 14.5. The summed E-state index contributed by atoms with van der Waals surface area (Å²) in [4.78, 5) is 12.3. The van der Waals surface area contributed by atoms with Crippen LogP contribution in [0.4, 0.5) is 0 Å². The maximum Gasteiger partial charge on any atom is 0.255 e. The number of hydrogen-bond donors (Lipinski definition) is 1. The number of nitrogens with one attached hydrogen (secondary N) is 1. The van der Waals surface area contributed by atoms with Gasteiger partial charge in [0.15, 0.2) is 5.82 Å². The number of rotatable bonds is 5. The van der Waals surface area contributed by atoms with Gasteiger partial charge >= 0.3 is 0 Å². The van der Waals surface area contributed by atoms with Crippen molar-refractivity contribution in [3.8, 4) is 5.75 Å². The first-order valence-corrected chi connectivity index (χ1v) is 7.47. The van der Waals surface area contributed by atoms with Crippen LogP contribution in [-0.4, -0.2) is 33.2 Å². The van der Waals surface area contributed by atoms with Crippen molar-refractivity contribution in [2.75, 3.05) is 7.11 Å². The van der Waals surface area contributed by atoms with Gasteiger partial charge in [0.05, 0.1) is 25.3 Å². The molecule has 0 radical (unpaired) electrons. The predicted octanol–water partition coefficient (Wildman–Crippen LogP) is 1.73. The molecule has 0 aliphatic heterocycles. The van der Waals surface area contributed by atoms with Crippen LogP contribution in [-0.2, 0) is 6.54 Å². The van der Waals surface area contributed by atoms with E-state index >= 15 is 0 Å². The Labute approximate surface area is 128 Å². The van der Waals surface area contributed by atoms with Gasteiger partial charge < -0.3 is 10.1 Å². The first-order valence-electron chi connectivity index (χ1n) is 7.47. The summed E-state index contributed by atoms with van der Waals surface area (Å²) < 4.78 is 7.04. The van der Waals surface area contributed by atoms with E-state index in [4.69, 9.17) is 4.74 Å². The molecule has 1 aromatic carbocycles. The molecule has 7 heteroatoms. The summed E-state index contributed by atoms with van der Waals surface area (Å²) in [5.74, 6) is 1.05. The molecule has 0 saturated heterocycles. The Balaban J connectivity index is 1.68. The Morgan fingerprint density at radius 1 is 1.36 bits per heavy atom. The van der Waals surface area contributed by atoms with E-state index in [1.165, 1.54) is 12.8 Å². The second-order valence-corrected chi connectivity index (χ2v) is 5.36. The molecule has 0 atom stereocenters. The molecule has 1 N–H and O–H groups in total. The molecule has 1 saturated carbocycles. The Morgan fingerprint density at radius 3 is 2.91 bits per heavy atom. The number of carbonyl (C=O) groups excluding carboxylic acids is 1. The number of nitrogens with zero attached hydrogens (tertiary/aromatic N) is 4. The van der Waals surface area contributed by atoms with Gasteiger partial charge in [-0.25, -0.2) is 4.68 Å². The molecule has 1 aliphatic carbocycles. The van der Waals surface area contributed by atoms with Crippen molar-refractivity contribution >= 4 is 5.91 Å². The molecule has 0 unspecified atom stereocenters. The molecule has 1 amide bonds. The second kappa shape index (κ2) is 6.55. The minimum atomic E-state index is -0.196. The average molecular weight is 301 g/mol. The van der Waals surface area contributed by atoms with Gasteiger partial charge in [-0.1, -0.05) is 25.0 Å². The summed E-state index contributed by atoms with van der Waals surface area (Å²) in [6, 6.07) is 7.48. The van der Waals surface area contributed by atoms with Crippen LogP contribution in [0.3, 0.4) is 0 Å². The highest BCUT2D eigenvalue weighted by atomic mass is 16.5. The first-order chi connectivity index (χ1) is 10.8. The zero-order chi connectivity index (χ0) is 15.4. The van der Waals surface area contributed by atoms with E-state index in [2.05, 4.69) is 20.8 Å². The summed E-state index contributed by atoms with van der Waals surface area (Å²) >= 11 is 0. The maximum absolute atomic E-state index is 12.3. The highest BCUT2D eigenvalue weighted by Crippen LogP contribution is 2.29. The molecule has 0 spiro atoms. The molecule has 1 heterocycles. The van der Waals surface area contributed by atoms with Crippen LogP contribution < -0.4 is 10.1 Å². The molecule has 3 rings (SSSR count).